The molecule has 3 aromatic carbocycles. The van der Waals surface area contributed by atoms with Crippen LogP contribution in [0.5, 0.6) is 5.75 Å². The van der Waals surface area contributed by atoms with E-state index < -0.39 is 0 Å². The maximum absolute atomic E-state index is 9.68. The van der Waals surface area contributed by atoms with Crippen molar-refractivity contribution in [2.24, 2.45) is 0 Å². The number of aliphatic hydroxyl groups excluding tert-OH is 1. The van der Waals surface area contributed by atoms with Crippen LogP contribution in [-0.4, -0.2) is 14.9 Å². The normalized spacial score (nSPS) is 10.8. The molecule has 0 saturated heterocycles. The Labute approximate surface area is 164 Å². The van der Waals surface area contributed by atoms with E-state index in [-0.39, 0.29) is 6.61 Å². The molecule has 0 aliphatic heterocycles. The second-order valence-corrected chi connectivity index (χ2v) is 6.64. The third kappa shape index (κ3) is 4.30. The summed E-state index contributed by atoms with van der Waals surface area (Å²) < 4.78 is 7.71. The third-order valence-electron chi connectivity index (χ3n) is 4.57. The molecular formula is C24H22N2O2. The van der Waals surface area contributed by atoms with Crippen LogP contribution in [0, 0.1) is 0 Å². The highest BCUT2D eigenvalue weighted by Gasteiger charge is 2.10. The zero-order chi connectivity index (χ0) is 19.2. The smallest absolute Gasteiger partial charge is 0.119 e. The molecule has 0 aliphatic rings. The largest absolute Gasteiger partial charge is 0.489 e. The molecule has 0 aliphatic carbocycles. The molecule has 1 aromatic heterocycles. The summed E-state index contributed by atoms with van der Waals surface area (Å²) in [6.07, 6.45) is 1.90. The molecule has 0 bridgehead atoms. The summed E-state index contributed by atoms with van der Waals surface area (Å²) in [7, 11) is 0. The fourth-order valence-electron chi connectivity index (χ4n) is 3.12. The maximum atomic E-state index is 9.68. The highest BCUT2D eigenvalue weighted by Crippen LogP contribution is 2.22. The summed E-state index contributed by atoms with van der Waals surface area (Å²) in [5, 5.41) is 14.3. The van der Waals surface area contributed by atoms with Crippen LogP contribution in [0.25, 0.3) is 11.3 Å². The van der Waals surface area contributed by atoms with E-state index in [0.29, 0.717) is 13.2 Å². The minimum Gasteiger partial charge on any atom is -0.489 e. The second-order valence-electron chi connectivity index (χ2n) is 6.64. The summed E-state index contributed by atoms with van der Waals surface area (Å²) in [5.74, 6) is 0.842. The second kappa shape index (κ2) is 8.55. The zero-order valence-electron chi connectivity index (χ0n) is 15.5. The van der Waals surface area contributed by atoms with Gasteiger partial charge >= 0.3 is 0 Å². The van der Waals surface area contributed by atoms with Gasteiger partial charge in [0.2, 0.25) is 0 Å². The van der Waals surface area contributed by atoms with E-state index in [1.54, 1.807) is 0 Å². The highest BCUT2D eigenvalue weighted by molar-refractivity contribution is 5.62. The van der Waals surface area contributed by atoms with Gasteiger partial charge in [0, 0.05) is 17.3 Å². The molecule has 4 aromatic rings. The Bertz CT molecular complexity index is 1010. The Kier molecular flexibility index (Phi) is 5.50. The lowest BCUT2D eigenvalue weighted by molar-refractivity contribution is 0.282. The van der Waals surface area contributed by atoms with Crippen LogP contribution in [0.4, 0.5) is 0 Å². The van der Waals surface area contributed by atoms with Crippen molar-refractivity contribution in [1.29, 1.82) is 0 Å². The van der Waals surface area contributed by atoms with Crippen molar-refractivity contribution in [3.63, 3.8) is 0 Å². The number of ether oxygens (including phenoxy) is 1. The maximum Gasteiger partial charge on any atom is 0.119 e. The molecule has 4 rings (SSSR count). The van der Waals surface area contributed by atoms with Crippen molar-refractivity contribution in [2.45, 2.75) is 19.8 Å². The Balaban J connectivity index is 1.44. The quantitative estimate of drug-likeness (QED) is 0.514. The van der Waals surface area contributed by atoms with Crippen LogP contribution in [0.1, 0.15) is 16.7 Å². The predicted octanol–water partition coefficient (Wildman–Crippen LogP) is 4.67. The summed E-state index contributed by atoms with van der Waals surface area (Å²) in [5.41, 5.74) is 4.93. The molecule has 0 saturated carbocycles. The van der Waals surface area contributed by atoms with Gasteiger partial charge < -0.3 is 9.84 Å². The van der Waals surface area contributed by atoms with E-state index in [2.05, 4.69) is 17.2 Å². The van der Waals surface area contributed by atoms with Crippen LogP contribution in [0.15, 0.2) is 91.1 Å². The van der Waals surface area contributed by atoms with Gasteiger partial charge in [-0.1, -0.05) is 72.8 Å². The Morgan fingerprint density at radius 1 is 0.786 bits per heavy atom. The third-order valence-corrected chi connectivity index (χ3v) is 4.57. The van der Waals surface area contributed by atoms with Crippen LogP contribution in [0.3, 0.4) is 0 Å². The molecule has 1 heterocycles. The van der Waals surface area contributed by atoms with Crippen LogP contribution in [-0.2, 0) is 19.8 Å². The molecule has 0 unspecified atom stereocenters. The lowest BCUT2D eigenvalue weighted by Gasteiger charge is -2.07. The molecule has 4 nitrogen and oxygen atoms in total. The summed E-state index contributed by atoms with van der Waals surface area (Å²) in [4.78, 5) is 0. The first-order valence-electron chi connectivity index (χ1n) is 9.30. The molecule has 0 fully saturated rings. The van der Waals surface area contributed by atoms with Crippen molar-refractivity contribution in [2.75, 3.05) is 0 Å². The molecule has 0 radical (unpaired) electrons. The molecule has 0 atom stereocenters. The van der Waals surface area contributed by atoms with Crippen LogP contribution < -0.4 is 4.74 Å². The number of aliphatic hydroxyl groups is 1. The first-order valence-corrected chi connectivity index (χ1v) is 9.30. The minimum absolute atomic E-state index is 0.0313. The summed E-state index contributed by atoms with van der Waals surface area (Å²) in [6.45, 7) is 1.16. The SMILES string of the molecule is OCc1cn(Cc2ccc(OCc3ccccc3)cc2)nc1-c1ccccc1. The molecule has 28 heavy (non-hydrogen) atoms. The van der Waals surface area contributed by atoms with Crippen LogP contribution in [0.2, 0.25) is 0 Å². The van der Waals surface area contributed by atoms with E-state index in [4.69, 9.17) is 4.74 Å². The molecule has 0 spiro atoms. The van der Waals surface area contributed by atoms with Gasteiger partial charge in [0.1, 0.15) is 12.4 Å². The standard InChI is InChI=1S/C24H22N2O2/c27-17-22-16-26(25-24(22)21-9-5-2-6-10-21)15-19-11-13-23(14-12-19)28-18-20-7-3-1-4-8-20/h1-14,16,27H,15,17-18H2. The molecular weight excluding hydrogens is 348 g/mol. The van der Waals surface area contributed by atoms with E-state index in [0.717, 1.165) is 33.7 Å². The van der Waals surface area contributed by atoms with Gasteiger partial charge in [-0.2, -0.15) is 5.10 Å². The predicted molar refractivity (Wildman–Crippen MR) is 110 cm³/mol. The van der Waals surface area contributed by atoms with Crippen molar-refractivity contribution in [1.82, 2.24) is 9.78 Å². The number of hydrogen-bond donors (Lipinski definition) is 1. The van der Waals surface area contributed by atoms with Gasteiger partial charge in [-0.15, -0.1) is 0 Å². The molecule has 4 heteroatoms. The topological polar surface area (TPSA) is 47.3 Å². The van der Waals surface area contributed by atoms with Gasteiger partial charge in [-0.3, -0.25) is 4.68 Å². The van der Waals surface area contributed by atoms with E-state index >= 15 is 0 Å². The van der Waals surface area contributed by atoms with Gasteiger partial charge in [-0.25, -0.2) is 0 Å². The van der Waals surface area contributed by atoms with Crippen molar-refractivity contribution in [3.8, 4) is 17.0 Å². The molecule has 140 valence electrons. The van der Waals surface area contributed by atoms with E-state index in [9.17, 15) is 5.11 Å². The number of benzene rings is 3. The lowest BCUT2D eigenvalue weighted by atomic mass is 10.1. The molecule has 1 N–H and O–H groups in total. The average Bonchev–Trinajstić information content (AvgIpc) is 3.17. The number of nitrogens with zero attached hydrogens (tertiary/aromatic N) is 2. The number of rotatable bonds is 7. The monoisotopic (exact) mass is 370 g/mol. The van der Waals surface area contributed by atoms with Gasteiger partial charge in [0.05, 0.1) is 18.8 Å². The van der Waals surface area contributed by atoms with Crippen LogP contribution >= 0.6 is 0 Å². The highest BCUT2D eigenvalue weighted by atomic mass is 16.5. The van der Waals surface area contributed by atoms with Gasteiger partial charge in [-0.05, 0) is 23.3 Å². The minimum atomic E-state index is -0.0313. The summed E-state index contributed by atoms with van der Waals surface area (Å²) >= 11 is 0. The number of aromatic nitrogens is 2. The Hall–Kier alpha value is -3.37. The summed E-state index contributed by atoms with van der Waals surface area (Å²) in [6, 6.07) is 28.1. The van der Waals surface area contributed by atoms with Crippen molar-refractivity contribution >= 4 is 0 Å². The first kappa shape index (κ1) is 18.0. The zero-order valence-corrected chi connectivity index (χ0v) is 15.5. The molecule has 0 amide bonds. The first-order chi connectivity index (χ1) is 13.8. The number of hydrogen-bond acceptors (Lipinski definition) is 3. The van der Waals surface area contributed by atoms with E-state index in [1.165, 1.54) is 0 Å². The van der Waals surface area contributed by atoms with Gasteiger partial charge in [0.25, 0.3) is 0 Å². The Morgan fingerprint density at radius 3 is 2.14 bits per heavy atom. The Morgan fingerprint density at radius 2 is 1.46 bits per heavy atom. The van der Waals surface area contributed by atoms with E-state index in [1.807, 2.05) is 83.7 Å². The fourth-order valence-corrected chi connectivity index (χ4v) is 3.12. The van der Waals surface area contributed by atoms with Crippen molar-refractivity contribution in [3.05, 3.63) is 108 Å². The van der Waals surface area contributed by atoms with Crippen molar-refractivity contribution < 1.29 is 9.84 Å². The average molecular weight is 370 g/mol. The lowest BCUT2D eigenvalue weighted by Crippen LogP contribution is -2.01. The van der Waals surface area contributed by atoms with Gasteiger partial charge in [0.15, 0.2) is 0 Å². The fraction of sp³-hybridized carbons (Fsp3) is 0.125.